The fraction of sp³-hybridized carbons (Fsp3) is 0.571. The number of nitrogens with zero attached hydrogens (tertiary/aromatic N) is 1. The predicted octanol–water partition coefficient (Wildman–Crippen LogP) is 0.212. The lowest BCUT2D eigenvalue weighted by Gasteiger charge is -2.23. The Morgan fingerprint density at radius 1 is 1.47 bits per heavy atom. The maximum absolute atomic E-state index is 11.9. The number of rotatable bonds is 5. The second-order valence-corrected chi connectivity index (χ2v) is 4.84. The number of aryl methyl sites for hydroxylation is 1. The van der Waals surface area contributed by atoms with Gasteiger partial charge in [-0.2, -0.15) is 0 Å². The number of amides is 1. The minimum atomic E-state index is -0.124. The third-order valence-corrected chi connectivity index (χ3v) is 3.22. The van der Waals surface area contributed by atoms with Crippen LogP contribution in [0.15, 0.2) is 18.3 Å². The molecule has 1 saturated heterocycles. The molecule has 3 N–H and O–H groups in total. The fourth-order valence-corrected chi connectivity index (χ4v) is 2.11. The summed E-state index contributed by atoms with van der Waals surface area (Å²) in [5.41, 5.74) is 2.15. The molecule has 1 unspecified atom stereocenters. The molecule has 1 fully saturated rings. The van der Waals surface area contributed by atoms with E-state index in [1.807, 2.05) is 18.3 Å². The highest BCUT2D eigenvalue weighted by Crippen LogP contribution is 2.02. The third kappa shape index (κ3) is 4.29. The molecule has 0 radical (unpaired) electrons. The van der Waals surface area contributed by atoms with Crippen molar-refractivity contribution in [1.29, 1.82) is 0 Å². The minimum absolute atomic E-state index is 0.0461. The van der Waals surface area contributed by atoms with Gasteiger partial charge < -0.3 is 16.0 Å². The van der Waals surface area contributed by atoms with Crippen LogP contribution < -0.4 is 16.0 Å². The van der Waals surface area contributed by atoms with Crippen LogP contribution in [0.1, 0.15) is 24.6 Å². The van der Waals surface area contributed by atoms with Gasteiger partial charge in [-0.25, -0.2) is 0 Å². The molecular formula is C14H22N4O. The smallest absolute Gasteiger partial charge is 0.238 e. The number of carbonyl (C=O) groups excluding carboxylic acids is 1. The van der Waals surface area contributed by atoms with Crippen LogP contribution in [0, 0.1) is 0 Å². The van der Waals surface area contributed by atoms with E-state index in [-0.39, 0.29) is 11.9 Å². The standard InChI is InChI=1S/C14H22N4O/c1-2-3-12-5-4-11(8-17-12)9-18-14(19)13-10-15-6-7-16-13/h4-5,8,13,15-16H,2-3,6-7,9-10H2,1H3,(H,18,19). The van der Waals surface area contributed by atoms with Crippen molar-refractivity contribution in [1.82, 2.24) is 20.9 Å². The molecule has 19 heavy (non-hydrogen) atoms. The monoisotopic (exact) mass is 262 g/mol. The van der Waals surface area contributed by atoms with Crippen molar-refractivity contribution < 1.29 is 4.79 Å². The first-order chi connectivity index (χ1) is 9.29. The zero-order chi connectivity index (χ0) is 13.5. The summed E-state index contributed by atoms with van der Waals surface area (Å²) in [5, 5.41) is 9.33. The van der Waals surface area contributed by atoms with Gasteiger partial charge in [-0.1, -0.05) is 19.4 Å². The summed E-state index contributed by atoms with van der Waals surface area (Å²) in [5.74, 6) is 0.0461. The molecule has 1 aliphatic heterocycles. The Bertz CT molecular complexity index is 398. The van der Waals surface area contributed by atoms with Crippen LogP contribution in [0.4, 0.5) is 0 Å². The Hall–Kier alpha value is -1.46. The number of piperazine rings is 1. The van der Waals surface area contributed by atoms with Crippen LogP contribution in [0.3, 0.4) is 0 Å². The maximum Gasteiger partial charge on any atom is 0.238 e. The number of carbonyl (C=O) groups is 1. The molecule has 1 aliphatic rings. The van der Waals surface area contributed by atoms with Crippen LogP contribution in [0.25, 0.3) is 0 Å². The first-order valence-electron chi connectivity index (χ1n) is 6.95. The highest BCUT2D eigenvalue weighted by atomic mass is 16.2. The molecule has 5 heteroatoms. The number of aromatic nitrogens is 1. The fourth-order valence-electron chi connectivity index (χ4n) is 2.11. The second kappa shape index (κ2) is 7.21. The Morgan fingerprint density at radius 3 is 3.00 bits per heavy atom. The van der Waals surface area contributed by atoms with Crippen molar-refractivity contribution in [3.05, 3.63) is 29.6 Å². The highest BCUT2D eigenvalue weighted by Gasteiger charge is 2.19. The van der Waals surface area contributed by atoms with Gasteiger partial charge in [0.15, 0.2) is 0 Å². The van der Waals surface area contributed by atoms with Crippen LogP contribution in [0.2, 0.25) is 0 Å². The quantitative estimate of drug-likeness (QED) is 0.710. The van der Waals surface area contributed by atoms with E-state index in [4.69, 9.17) is 0 Å². The van der Waals surface area contributed by atoms with Crippen molar-refractivity contribution >= 4 is 5.91 Å². The molecule has 1 atom stereocenters. The van der Waals surface area contributed by atoms with Crippen molar-refractivity contribution in [2.75, 3.05) is 19.6 Å². The molecule has 0 bridgehead atoms. The van der Waals surface area contributed by atoms with Crippen LogP contribution >= 0.6 is 0 Å². The first kappa shape index (κ1) is 14.0. The topological polar surface area (TPSA) is 66.1 Å². The van der Waals surface area contributed by atoms with Gasteiger partial charge >= 0.3 is 0 Å². The van der Waals surface area contributed by atoms with Gasteiger partial charge in [0, 0.05) is 38.1 Å². The number of pyridine rings is 1. The number of hydrogen-bond acceptors (Lipinski definition) is 4. The van der Waals surface area contributed by atoms with Crippen molar-refractivity contribution in [2.45, 2.75) is 32.4 Å². The summed E-state index contributed by atoms with van der Waals surface area (Å²) < 4.78 is 0. The third-order valence-electron chi connectivity index (χ3n) is 3.22. The highest BCUT2D eigenvalue weighted by molar-refractivity contribution is 5.82. The van der Waals surface area contributed by atoms with E-state index in [0.717, 1.165) is 37.2 Å². The summed E-state index contributed by atoms with van der Waals surface area (Å²) in [6.45, 7) is 5.13. The molecule has 1 aromatic heterocycles. The average molecular weight is 262 g/mol. The summed E-state index contributed by atoms with van der Waals surface area (Å²) in [6, 6.07) is 3.94. The van der Waals surface area contributed by atoms with Gasteiger partial charge in [0.25, 0.3) is 0 Å². The summed E-state index contributed by atoms with van der Waals surface area (Å²) >= 11 is 0. The van der Waals surface area contributed by atoms with E-state index in [9.17, 15) is 4.79 Å². The van der Waals surface area contributed by atoms with Crippen LogP contribution in [-0.4, -0.2) is 36.6 Å². The van der Waals surface area contributed by atoms with E-state index in [1.165, 1.54) is 0 Å². The zero-order valence-corrected chi connectivity index (χ0v) is 11.4. The molecule has 2 heterocycles. The predicted molar refractivity (Wildman–Crippen MR) is 74.7 cm³/mol. The molecule has 1 amide bonds. The molecular weight excluding hydrogens is 240 g/mol. The van der Waals surface area contributed by atoms with Gasteiger partial charge in [-0.15, -0.1) is 0 Å². The summed E-state index contributed by atoms with van der Waals surface area (Å²) in [7, 11) is 0. The molecule has 1 aromatic rings. The lowest BCUT2D eigenvalue weighted by atomic mass is 10.2. The Morgan fingerprint density at radius 2 is 2.37 bits per heavy atom. The molecule has 5 nitrogen and oxygen atoms in total. The lowest BCUT2D eigenvalue weighted by molar-refractivity contribution is -0.123. The summed E-state index contributed by atoms with van der Waals surface area (Å²) in [6.07, 6.45) is 3.95. The van der Waals surface area contributed by atoms with Gasteiger partial charge in [0.2, 0.25) is 5.91 Å². The maximum atomic E-state index is 11.9. The SMILES string of the molecule is CCCc1ccc(CNC(=O)C2CNCCN2)cn1. The van der Waals surface area contributed by atoms with Gasteiger partial charge in [-0.05, 0) is 18.1 Å². The Kier molecular flexibility index (Phi) is 5.30. The molecule has 0 saturated carbocycles. The Labute approximate surface area is 114 Å². The molecule has 104 valence electrons. The van der Waals surface area contributed by atoms with Crippen molar-refractivity contribution in [2.24, 2.45) is 0 Å². The largest absolute Gasteiger partial charge is 0.351 e. The average Bonchev–Trinajstić information content (AvgIpc) is 2.47. The van der Waals surface area contributed by atoms with Crippen LogP contribution in [0.5, 0.6) is 0 Å². The van der Waals surface area contributed by atoms with Gasteiger partial charge in [0.05, 0.1) is 6.04 Å². The Balaban J connectivity index is 1.79. The number of hydrogen-bond donors (Lipinski definition) is 3. The van der Waals surface area contributed by atoms with Crippen molar-refractivity contribution in [3.8, 4) is 0 Å². The van der Waals surface area contributed by atoms with Crippen LogP contribution in [-0.2, 0) is 17.8 Å². The number of nitrogens with one attached hydrogen (secondary N) is 3. The van der Waals surface area contributed by atoms with E-state index in [2.05, 4.69) is 27.9 Å². The normalized spacial score (nSPS) is 19.1. The molecule has 0 aromatic carbocycles. The molecule has 2 rings (SSSR count). The van der Waals surface area contributed by atoms with Crippen molar-refractivity contribution in [3.63, 3.8) is 0 Å². The zero-order valence-electron chi connectivity index (χ0n) is 11.4. The van der Waals surface area contributed by atoms with E-state index in [1.54, 1.807) is 0 Å². The van der Waals surface area contributed by atoms with E-state index < -0.39 is 0 Å². The lowest BCUT2D eigenvalue weighted by Crippen LogP contribution is -2.55. The van der Waals surface area contributed by atoms with E-state index in [0.29, 0.717) is 13.1 Å². The minimum Gasteiger partial charge on any atom is -0.351 e. The molecule has 0 aliphatic carbocycles. The summed E-state index contributed by atoms with van der Waals surface area (Å²) in [4.78, 5) is 16.3. The van der Waals surface area contributed by atoms with Gasteiger partial charge in [-0.3, -0.25) is 9.78 Å². The van der Waals surface area contributed by atoms with E-state index >= 15 is 0 Å². The van der Waals surface area contributed by atoms with Gasteiger partial charge in [0.1, 0.15) is 0 Å². The molecule has 0 spiro atoms. The second-order valence-electron chi connectivity index (χ2n) is 4.84. The first-order valence-corrected chi connectivity index (χ1v) is 6.95.